The highest BCUT2D eigenvalue weighted by molar-refractivity contribution is 9.10. The third-order valence-corrected chi connectivity index (χ3v) is 4.21. The normalized spacial score (nSPS) is 21.4. The first-order valence-corrected chi connectivity index (χ1v) is 6.21. The Bertz CT molecular complexity index is 353. The second-order valence-corrected chi connectivity index (χ2v) is 5.51. The van der Waals surface area contributed by atoms with Crippen LogP contribution in [0.15, 0.2) is 10.5 Å². The molecule has 1 fully saturated rings. The first-order chi connectivity index (χ1) is 6.68. The molecule has 0 saturated carbocycles. The average Bonchev–Trinajstić information content (AvgIpc) is 2.73. The molecule has 0 aromatic carbocycles. The van der Waals surface area contributed by atoms with Gasteiger partial charge in [-0.3, -0.25) is 4.79 Å². The van der Waals surface area contributed by atoms with Gasteiger partial charge < -0.3 is 4.74 Å². The maximum Gasteiger partial charge on any atom is 0.202 e. The van der Waals surface area contributed by atoms with Gasteiger partial charge in [-0.1, -0.05) is 0 Å². The highest BCUT2D eigenvalue weighted by atomic mass is 79.9. The molecule has 1 aliphatic heterocycles. The van der Waals surface area contributed by atoms with Crippen molar-refractivity contribution in [3.8, 4) is 0 Å². The van der Waals surface area contributed by atoms with Crippen LogP contribution in [0.3, 0.4) is 0 Å². The lowest BCUT2D eigenvalue weighted by atomic mass is 10.1. The van der Waals surface area contributed by atoms with Gasteiger partial charge in [-0.15, -0.1) is 11.3 Å². The van der Waals surface area contributed by atoms with E-state index in [1.807, 2.05) is 13.0 Å². The third-order valence-electron chi connectivity index (χ3n) is 2.26. The van der Waals surface area contributed by atoms with E-state index in [2.05, 4.69) is 15.9 Å². The Balaban J connectivity index is 2.21. The lowest BCUT2D eigenvalue weighted by Crippen LogP contribution is -2.18. The summed E-state index contributed by atoms with van der Waals surface area (Å²) in [7, 11) is 0. The minimum atomic E-state index is -0.204. The van der Waals surface area contributed by atoms with Gasteiger partial charge in [-0.25, -0.2) is 0 Å². The molecule has 1 aliphatic rings. The second kappa shape index (κ2) is 4.13. The molecule has 0 radical (unpaired) electrons. The molecule has 1 saturated heterocycles. The lowest BCUT2D eigenvalue weighted by molar-refractivity contribution is 0.0646. The number of ether oxygens (including phenoxy) is 1. The van der Waals surface area contributed by atoms with E-state index in [0.29, 0.717) is 0 Å². The molecular weight excluding hydrogens is 264 g/mol. The Morgan fingerprint density at radius 2 is 2.50 bits per heavy atom. The van der Waals surface area contributed by atoms with Gasteiger partial charge in [0, 0.05) is 16.0 Å². The standard InChI is InChI=1S/C10H11BrO2S/c1-6-5-7(11)10(14-6)9(12)8-3-2-4-13-8/h5,8H,2-4H2,1H3. The quantitative estimate of drug-likeness (QED) is 0.775. The number of halogens is 1. The van der Waals surface area contributed by atoms with Crippen LogP contribution in [0.25, 0.3) is 0 Å². The van der Waals surface area contributed by atoms with E-state index in [1.54, 1.807) is 0 Å². The molecule has 0 bridgehead atoms. The predicted octanol–water partition coefficient (Wildman–Crippen LogP) is 3.18. The van der Waals surface area contributed by atoms with Crippen LogP contribution in [0.5, 0.6) is 0 Å². The molecule has 1 aromatic heterocycles. The molecule has 0 amide bonds. The van der Waals surface area contributed by atoms with Crippen LogP contribution in [-0.4, -0.2) is 18.5 Å². The maximum atomic E-state index is 11.9. The van der Waals surface area contributed by atoms with Crippen LogP contribution in [0.2, 0.25) is 0 Å². The highest BCUT2D eigenvalue weighted by Crippen LogP contribution is 2.30. The molecule has 2 rings (SSSR count). The van der Waals surface area contributed by atoms with Crippen LogP contribution >= 0.6 is 27.3 Å². The summed E-state index contributed by atoms with van der Waals surface area (Å²) < 4.78 is 6.27. The van der Waals surface area contributed by atoms with Crippen molar-refractivity contribution in [2.45, 2.75) is 25.9 Å². The Kier molecular flexibility index (Phi) is 3.04. The van der Waals surface area contributed by atoms with E-state index in [0.717, 1.165) is 33.7 Å². The lowest BCUT2D eigenvalue weighted by Gasteiger charge is -2.06. The second-order valence-electron chi connectivity index (χ2n) is 3.40. The Labute approximate surface area is 95.4 Å². The average molecular weight is 275 g/mol. The summed E-state index contributed by atoms with van der Waals surface area (Å²) in [5, 5.41) is 0. The maximum absolute atomic E-state index is 11.9. The number of carbonyl (C=O) groups is 1. The van der Waals surface area contributed by atoms with E-state index >= 15 is 0 Å². The Morgan fingerprint density at radius 1 is 1.71 bits per heavy atom. The van der Waals surface area contributed by atoms with E-state index in [9.17, 15) is 4.79 Å². The van der Waals surface area contributed by atoms with Crippen molar-refractivity contribution < 1.29 is 9.53 Å². The molecule has 0 aliphatic carbocycles. The largest absolute Gasteiger partial charge is 0.370 e. The fraction of sp³-hybridized carbons (Fsp3) is 0.500. The summed E-state index contributed by atoms with van der Waals surface area (Å²) >= 11 is 4.93. The summed E-state index contributed by atoms with van der Waals surface area (Å²) in [5.74, 6) is 0.132. The molecule has 14 heavy (non-hydrogen) atoms. The van der Waals surface area contributed by atoms with Gasteiger partial charge >= 0.3 is 0 Å². The van der Waals surface area contributed by atoms with E-state index in [-0.39, 0.29) is 11.9 Å². The Hall–Kier alpha value is -0.190. The van der Waals surface area contributed by atoms with Crippen molar-refractivity contribution in [3.63, 3.8) is 0 Å². The van der Waals surface area contributed by atoms with Crippen molar-refractivity contribution >= 4 is 33.0 Å². The van der Waals surface area contributed by atoms with Gasteiger partial charge in [-0.05, 0) is 41.8 Å². The number of ketones is 1. The van der Waals surface area contributed by atoms with Crippen LogP contribution < -0.4 is 0 Å². The van der Waals surface area contributed by atoms with Crippen molar-refractivity contribution in [2.24, 2.45) is 0 Å². The number of Topliss-reactive ketones (excluding diaryl/α,β-unsaturated/α-hetero) is 1. The van der Waals surface area contributed by atoms with Crippen molar-refractivity contribution in [2.75, 3.05) is 6.61 Å². The van der Waals surface area contributed by atoms with Crippen LogP contribution in [0.4, 0.5) is 0 Å². The highest BCUT2D eigenvalue weighted by Gasteiger charge is 2.27. The zero-order valence-electron chi connectivity index (χ0n) is 7.88. The van der Waals surface area contributed by atoms with E-state index in [1.165, 1.54) is 11.3 Å². The summed E-state index contributed by atoms with van der Waals surface area (Å²) in [4.78, 5) is 13.9. The molecule has 1 aromatic rings. The molecular formula is C10H11BrO2S. The molecule has 0 N–H and O–H groups in total. The molecule has 0 spiro atoms. The smallest absolute Gasteiger partial charge is 0.202 e. The molecule has 2 nitrogen and oxygen atoms in total. The zero-order chi connectivity index (χ0) is 10.1. The van der Waals surface area contributed by atoms with Crippen LogP contribution in [0.1, 0.15) is 27.4 Å². The number of rotatable bonds is 2. The van der Waals surface area contributed by atoms with E-state index < -0.39 is 0 Å². The van der Waals surface area contributed by atoms with Gasteiger partial charge in [0.05, 0.1) is 4.88 Å². The zero-order valence-corrected chi connectivity index (χ0v) is 10.3. The van der Waals surface area contributed by atoms with Crippen LogP contribution in [0, 0.1) is 6.92 Å². The number of carbonyl (C=O) groups excluding carboxylic acids is 1. The Morgan fingerprint density at radius 3 is 3.00 bits per heavy atom. The minimum absolute atomic E-state index is 0.132. The van der Waals surface area contributed by atoms with Gasteiger partial charge in [-0.2, -0.15) is 0 Å². The number of thiophene rings is 1. The van der Waals surface area contributed by atoms with E-state index in [4.69, 9.17) is 4.74 Å². The topological polar surface area (TPSA) is 26.3 Å². The van der Waals surface area contributed by atoms with Gasteiger partial charge in [0.15, 0.2) is 0 Å². The molecule has 4 heteroatoms. The van der Waals surface area contributed by atoms with Gasteiger partial charge in [0.1, 0.15) is 6.10 Å². The van der Waals surface area contributed by atoms with Crippen molar-refractivity contribution in [1.29, 1.82) is 0 Å². The fourth-order valence-electron chi connectivity index (χ4n) is 1.58. The number of hydrogen-bond acceptors (Lipinski definition) is 3. The summed E-state index contributed by atoms with van der Waals surface area (Å²) in [6, 6.07) is 1.98. The molecule has 2 heterocycles. The molecule has 76 valence electrons. The predicted molar refractivity (Wildman–Crippen MR) is 60.1 cm³/mol. The summed E-state index contributed by atoms with van der Waals surface area (Å²) in [5.41, 5.74) is 0. The monoisotopic (exact) mass is 274 g/mol. The van der Waals surface area contributed by atoms with Crippen LogP contribution in [-0.2, 0) is 4.74 Å². The summed E-state index contributed by atoms with van der Waals surface area (Å²) in [6.45, 7) is 2.72. The van der Waals surface area contributed by atoms with Crippen molar-refractivity contribution in [3.05, 3.63) is 20.3 Å². The molecule has 1 atom stereocenters. The van der Waals surface area contributed by atoms with Gasteiger partial charge in [0.25, 0.3) is 0 Å². The summed E-state index contributed by atoms with van der Waals surface area (Å²) in [6.07, 6.45) is 1.66. The number of hydrogen-bond donors (Lipinski definition) is 0. The van der Waals surface area contributed by atoms with Gasteiger partial charge in [0.2, 0.25) is 5.78 Å². The molecule has 1 unspecified atom stereocenters. The number of aryl methyl sites for hydroxylation is 1. The first kappa shape index (κ1) is 10.3. The van der Waals surface area contributed by atoms with Crippen molar-refractivity contribution in [1.82, 2.24) is 0 Å². The fourth-order valence-corrected chi connectivity index (χ4v) is 3.40. The minimum Gasteiger partial charge on any atom is -0.370 e. The SMILES string of the molecule is Cc1cc(Br)c(C(=O)C2CCCO2)s1. The first-order valence-electron chi connectivity index (χ1n) is 4.60. The third kappa shape index (κ3) is 1.92.